The van der Waals surface area contributed by atoms with E-state index in [0.717, 1.165) is 11.1 Å². The van der Waals surface area contributed by atoms with E-state index in [1.165, 1.54) is 16.4 Å². The molecule has 3 heterocycles. The summed E-state index contributed by atoms with van der Waals surface area (Å²) in [5.74, 6) is -0.239. The van der Waals surface area contributed by atoms with Crippen molar-refractivity contribution in [1.29, 1.82) is 0 Å². The monoisotopic (exact) mass is 435 g/mol. The van der Waals surface area contributed by atoms with Crippen molar-refractivity contribution in [2.75, 3.05) is 19.6 Å². The zero-order valence-electron chi connectivity index (χ0n) is 17.4. The van der Waals surface area contributed by atoms with Crippen LogP contribution in [0, 0.1) is 25.6 Å². The van der Waals surface area contributed by atoms with Gasteiger partial charge in [0.2, 0.25) is 15.9 Å². The van der Waals surface area contributed by atoms with Gasteiger partial charge in [0.1, 0.15) is 16.4 Å². The molecule has 1 saturated heterocycles. The number of nitrogens with zero attached hydrogens (tertiary/aromatic N) is 3. The predicted octanol–water partition coefficient (Wildman–Crippen LogP) is 2.98. The first-order valence-corrected chi connectivity index (χ1v) is 11.7. The number of hydrogen-bond donors (Lipinski definition) is 0. The fourth-order valence-corrected chi connectivity index (χ4v) is 6.40. The molecular formula is C21H26FN3O4S. The van der Waals surface area contributed by atoms with Crippen LogP contribution < -0.4 is 0 Å². The first-order chi connectivity index (χ1) is 14.2. The Balaban J connectivity index is 1.45. The number of benzene rings is 1. The van der Waals surface area contributed by atoms with Crippen molar-refractivity contribution in [3.63, 3.8) is 0 Å². The lowest BCUT2D eigenvalue weighted by Crippen LogP contribution is -2.46. The highest BCUT2D eigenvalue weighted by Crippen LogP contribution is 2.34. The largest absolute Gasteiger partial charge is 0.360 e. The van der Waals surface area contributed by atoms with Gasteiger partial charge in [-0.2, -0.15) is 4.31 Å². The molecule has 1 aromatic heterocycles. The lowest BCUT2D eigenvalue weighted by Gasteiger charge is -2.39. The number of hydrogen-bond acceptors (Lipinski definition) is 5. The topological polar surface area (TPSA) is 83.7 Å². The molecule has 1 unspecified atom stereocenters. The van der Waals surface area contributed by atoms with Crippen molar-refractivity contribution in [1.82, 2.24) is 14.4 Å². The van der Waals surface area contributed by atoms with Crippen molar-refractivity contribution in [3.8, 4) is 0 Å². The number of piperidine rings is 1. The summed E-state index contributed by atoms with van der Waals surface area (Å²) in [4.78, 5) is 15.1. The van der Waals surface area contributed by atoms with Crippen molar-refractivity contribution in [3.05, 3.63) is 46.6 Å². The fraction of sp³-hybridized carbons (Fsp3) is 0.524. The van der Waals surface area contributed by atoms with Gasteiger partial charge in [-0.15, -0.1) is 0 Å². The molecule has 1 fully saturated rings. The van der Waals surface area contributed by atoms with Crippen LogP contribution in [0.15, 0.2) is 27.6 Å². The van der Waals surface area contributed by atoms with E-state index in [1.807, 2.05) is 11.8 Å². The highest BCUT2D eigenvalue weighted by atomic mass is 32.2. The van der Waals surface area contributed by atoms with E-state index in [4.69, 9.17) is 4.52 Å². The maximum absolute atomic E-state index is 13.7. The van der Waals surface area contributed by atoms with Crippen LogP contribution >= 0.6 is 0 Å². The van der Waals surface area contributed by atoms with Crippen molar-refractivity contribution in [2.45, 2.75) is 51.0 Å². The molecule has 30 heavy (non-hydrogen) atoms. The van der Waals surface area contributed by atoms with Crippen molar-refractivity contribution < 1.29 is 22.1 Å². The Morgan fingerprint density at radius 2 is 1.90 bits per heavy atom. The zero-order valence-corrected chi connectivity index (χ0v) is 18.2. The molecule has 0 bridgehead atoms. The normalized spacial score (nSPS) is 20.9. The van der Waals surface area contributed by atoms with Gasteiger partial charge < -0.3 is 9.42 Å². The zero-order chi connectivity index (χ0) is 21.6. The van der Waals surface area contributed by atoms with Crippen LogP contribution in [0.5, 0.6) is 0 Å². The van der Waals surface area contributed by atoms with Crippen LogP contribution in [-0.2, 0) is 21.2 Å². The molecule has 2 aliphatic heterocycles. The van der Waals surface area contributed by atoms with Crippen LogP contribution in [0.2, 0.25) is 0 Å². The Labute approximate surface area is 175 Å². The number of aryl methyl sites for hydroxylation is 2. The SMILES string of the molecule is Cc1noc(C)c1S(=O)(=O)N1CCC(C(=O)N2CCc3ccc(F)cc3C2C)CC1. The Morgan fingerprint density at radius 1 is 1.20 bits per heavy atom. The lowest BCUT2D eigenvalue weighted by atomic mass is 9.90. The van der Waals surface area contributed by atoms with Gasteiger partial charge in [-0.3, -0.25) is 4.79 Å². The van der Waals surface area contributed by atoms with Gasteiger partial charge in [-0.05, 0) is 63.3 Å². The first kappa shape index (κ1) is 21.0. The Hall–Kier alpha value is -2.26. The smallest absolute Gasteiger partial charge is 0.248 e. The lowest BCUT2D eigenvalue weighted by molar-refractivity contribution is -0.139. The third kappa shape index (κ3) is 3.54. The molecule has 0 radical (unpaired) electrons. The Bertz CT molecular complexity index is 1050. The molecule has 2 aromatic rings. The minimum absolute atomic E-state index is 0.0202. The number of rotatable bonds is 3. The second kappa shape index (κ2) is 7.77. The molecule has 9 heteroatoms. The van der Waals surface area contributed by atoms with Gasteiger partial charge in [-0.1, -0.05) is 11.2 Å². The standard InChI is InChI=1S/C21H26FN3O4S/c1-13-20(15(3)29-23-13)30(27,28)24-9-6-17(7-10-24)21(26)25-11-8-16-4-5-18(22)12-19(16)14(25)2/h4-5,12,14,17H,6-11H2,1-3H3. The van der Waals surface area contributed by atoms with Gasteiger partial charge in [0, 0.05) is 25.6 Å². The quantitative estimate of drug-likeness (QED) is 0.740. The Morgan fingerprint density at radius 3 is 2.53 bits per heavy atom. The average Bonchev–Trinajstić information content (AvgIpc) is 3.07. The summed E-state index contributed by atoms with van der Waals surface area (Å²) >= 11 is 0. The molecular weight excluding hydrogens is 409 g/mol. The molecule has 0 saturated carbocycles. The second-order valence-corrected chi connectivity index (χ2v) is 10.0. The summed E-state index contributed by atoms with van der Waals surface area (Å²) in [6, 6.07) is 4.57. The summed E-state index contributed by atoms with van der Waals surface area (Å²) in [7, 11) is -3.70. The van der Waals surface area contributed by atoms with Crippen LogP contribution in [0.4, 0.5) is 4.39 Å². The summed E-state index contributed by atoms with van der Waals surface area (Å²) in [6.07, 6.45) is 1.62. The number of fused-ring (bicyclic) bond motifs is 1. The third-order valence-corrected chi connectivity index (χ3v) is 8.44. The minimum Gasteiger partial charge on any atom is -0.360 e. The highest BCUT2D eigenvalue weighted by Gasteiger charge is 2.38. The molecule has 0 N–H and O–H groups in total. The highest BCUT2D eigenvalue weighted by molar-refractivity contribution is 7.89. The van der Waals surface area contributed by atoms with Gasteiger partial charge >= 0.3 is 0 Å². The molecule has 7 nitrogen and oxygen atoms in total. The summed E-state index contributed by atoms with van der Waals surface area (Å²) in [6.45, 7) is 6.26. The summed E-state index contributed by atoms with van der Waals surface area (Å²) < 4.78 is 46.1. The number of halogens is 1. The van der Waals surface area contributed by atoms with Gasteiger partial charge in [0.05, 0.1) is 6.04 Å². The molecule has 162 valence electrons. The predicted molar refractivity (Wildman–Crippen MR) is 108 cm³/mol. The Kier molecular flexibility index (Phi) is 5.44. The van der Waals surface area contributed by atoms with Crippen molar-refractivity contribution >= 4 is 15.9 Å². The van der Waals surface area contributed by atoms with E-state index in [2.05, 4.69) is 5.16 Å². The molecule has 4 rings (SSSR count). The van der Waals surface area contributed by atoms with E-state index in [9.17, 15) is 17.6 Å². The van der Waals surface area contributed by atoms with Crippen LogP contribution in [0.3, 0.4) is 0 Å². The van der Waals surface area contributed by atoms with Crippen LogP contribution in [0.1, 0.15) is 48.4 Å². The number of aromatic nitrogens is 1. The molecule has 2 aliphatic rings. The minimum atomic E-state index is -3.70. The van der Waals surface area contributed by atoms with E-state index in [-0.39, 0.29) is 47.4 Å². The van der Waals surface area contributed by atoms with Crippen LogP contribution in [-0.4, -0.2) is 48.3 Å². The number of sulfonamides is 1. The van der Waals surface area contributed by atoms with E-state index < -0.39 is 10.0 Å². The number of amides is 1. The van der Waals surface area contributed by atoms with E-state index in [1.54, 1.807) is 19.9 Å². The van der Waals surface area contributed by atoms with Gasteiger partial charge in [-0.25, -0.2) is 12.8 Å². The molecule has 1 amide bonds. The number of carbonyl (C=O) groups excluding carboxylic acids is 1. The molecule has 1 aromatic carbocycles. The maximum Gasteiger partial charge on any atom is 0.248 e. The molecule has 1 atom stereocenters. The molecule has 0 spiro atoms. The van der Waals surface area contributed by atoms with Crippen molar-refractivity contribution in [2.24, 2.45) is 5.92 Å². The van der Waals surface area contributed by atoms with E-state index >= 15 is 0 Å². The second-order valence-electron chi connectivity index (χ2n) is 8.13. The summed E-state index contributed by atoms with van der Waals surface area (Å²) in [5.41, 5.74) is 2.28. The molecule has 0 aliphatic carbocycles. The van der Waals surface area contributed by atoms with Gasteiger partial charge in [0.25, 0.3) is 0 Å². The fourth-order valence-electron chi connectivity index (χ4n) is 4.64. The number of carbonyl (C=O) groups is 1. The third-order valence-electron chi connectivity index (χ3n) is 6.30. The van der Waals surface area contributed by atoms with Crippen LogP contribution in [0.25, 0.3) is 0 Å². The average molecular weight is 436 g/mol. The van der Waals surface area contributed by atoms with Gasteiger partial charge in [0.15, 0.2) is 5.76 Å². The summed E-state index contributed by atoms with van der Waals surface area (Å²) in [5, 5.41) is 3.75. The van der Waals surface area contributed by atoms with E-state index in [0.29, 0.717) is 31.5 Å². The maximum atomic E-state index is 13.7. The first-order valence-electron chi connectivity index (χ1n) is 10.2.